The van der Waals surface area contributed by atoms with E-state index in [-0.39, 0.29) is 15.1 Å². The highest BCUT2D eigenvalue weighted by atomic mass is 32.1. The first-order valence-electron chi connectivity index (χ1n) is 2.57. The van der Waals surface area contributed by atoms with Gasteiger partial charge in [-0.1, -0.05) is 12.2 Å². The summed E-state index contributed by atoms with van der Waals surface area (Å²) in [4.78, 5) is 14.5. The number of nitro groups is 1. The van der Waals surface area contributed by atoms with Crippen LogP contribution in [-0.2, 0) is 0 Å². The molecule has 2 N–H and O–H groups in total. The van der Waals surface area contributed by atoms with Crippen LogP contribution in [0.4, 0.5) is 5.69 Å². The fourth-order valence-electron chi connectivity index (χ4n) is 0.538. The molecule has 11 heavy (non-hydrogen) atoms. The van der Waals surface area contributed by atoms with Crippen molar-refractivity contribution in [2.45, 2.75) is 0 Å². The van der Waals surface area contributed by atoms with Gasteiger partial charge in [-0.3, -0.25) is 10.1 Å². The lowest BCUT2D eigenvalue weighted by Crippen LogP contribution is -1.92. The van der Waals surface area contributed by atoms with Crippen LogP contribution in [0.15, 0.2) is 6.20 Å². The minimum atomic E-state index is -0.579. The van der Waals surface area contributed by atoms with Crippen molar-refractivity contribution >= 4 is 30.1 Å². The van der Waals surface area contributed by atoms with Gasteiger partial charge in [-0.05, 0) is 12.2 Å². The molecule has 0 saturated carbocycles. The van der Waals surface area contributed by atoms with Crippen molar-refractivity contribution in [3.63, 3.8) is 0 Å². The lowest BCUT2D eigenvalue weighted by atomic mass is 10.6. The smallest absolute Gasteiger partial charge is 0.319 e. The summed E-state index contributed by atoms with van der Waals surface area (Å²) < 4.78 is 0.319. The van der Waals surface area contributed by atoms with E-state index in [9.17, 15) is 10.1 Å². The lowest BCUT2D eigenvalue weighted by Gasteiger charge is -1.89. The van der Waals surface area contributed by atoms with Crippen molar-refractivity contribution in [1.82, 2.24) is 9.97 Å². The van der Waals surface area contributed by atoms with Crippen LogP contribution in [0.3, 0.4) is 0 Å². The molecule has 0 aliphatic carbocycles. The predicted molar refractivity (Wildman–Crippen MR) is 43.5 cm³/mol. The Morgan fingerprint density at radius 3 is 2.64 bits per heavy atom. The third-order valence-corrected chi connectivity index (χ3v) is 1.53. The molecule has 1 aromatic heterocycles. The molecule has 0 bridgehead atoms. The summed E-state index contributed by atoms with van der Waals surface area (Å²) >= 11 is 9.28. The number of H-pyrrole nitrogens is 2. The standard InChI is InChI=1S/C4H3N3O2S2/c8-7(9)2-1-5-4(11)6-3(2)10/h1H,(H2,5,6,10,11). The fourth-order valence-corrected chi connectivity index (χ4v) is 0.999. The van der Waals surface area contributed by atoms with Crippen LogP contribution in [0.5, 0.6) is 0 Å². The minimum absolute atomic E-state index is 0.0405. The van der Waals surface area contributed by atoms with Gasteiger partial charge in [0, 0.05) is 0 Å². The highest BCUT2D eigenvalue weighted by Crippen LogP contribution is 2.07. The first-order valence-corrected chi connectivity index (χ1v) is 3.39. The van der Waals surface area contributed by atoms with E-state index < -0.39 is 4.92 Å². The summed E-state index contributed by atoms with van der Waals surface area (Å²) in [6, 6.07) is 0. The molecule has 1 rings (SSSR count). The van der Waals surface area contributed by atoms with E-state index in [1.807, 2.05) is 0 Å². The molecule has 0 saturated heterocycles. The Morgan fingerprint density at radius 1 is 1.55 bits per heavy atom. The Balaban J connectivity index is 3.43. The zero-order chi connectivity index (χ0) is 8.43. The van der Waals surface area contributed by atoms with Gasteiger partial charge < -0.3 is 9.97 Å². The molecule has 0 aliphatic rings. The zero-order valence-electron chi connectivity index (χ0n) is 5.16. The number of hydrogen-bond donors (Lipinski definition) is 2. The van der Waals surface area contributed by atoms with Crippen LogP contribution in [0.2, 0.25) is 0 Å². The Hall–Kier alpha value is -1.08. The van der Waals surface area contributed by atoms with Crippen molar-refractivity contribution in [2.24, 2.45) is 0 Å². The number of hydrogen-bond acceptors (Lipinski definition) is 4. The van der Waals surface area contributed by atoms with Crippen LogP contribution >= 0.6 is 24.4 Å². The number of nitrogens with one attached hydrogen (secondary N) is 2. The van der Waals surface area contributed by atoms with E-state index in [1.165, 1.54) is 6.20 Å². The molecular weight excluding hydrogens is 186 g/mol. The average Bonchev–Trinajstić information content (AvgIpc) is 1.85. The SMILES string of the molecule is O=[N+]([O-])c1c[nH]c(=S)[nH]c1=S. The molecule has 0 amide bonds. The molecule has 5 nitrogen and oxygen atoms in total. The highest BCUT2D eigenvalue weighted by molar-refractivity contribution is 7.72. The fraction of sp³-hybridized carbons (Fsp3) is 0. The van der Waals surface area contributed by atoms with Gasteiger partial charge in [0.2, 0.25) is 0 Å². The normalized spacial score (nSPS) is 9.45. The van der Waals surface area contributed by atoms with E-state index >= 15 is 0 Å². The molecule has 1 aromatic rings. The summed E-state index contributed by atoms with van der Waals surface area (Å²) in [5, 5.41) is 10.2. The number of rotatable bonds is 1. The maximum absolute atomic E-state index is 10.2. The van der Waals surface area contributed by atoms with E-state index in [0.717, 1.165) is 0 Å². The van der Waals surface area contributed by atoms with Gasteiger partial charge in [0.25, 0.3) is 0 Å². The maximum Gasteiger partial charge on any atom is 0.319 e. The van der Waals surface area contributed by atoms with E-state index in [2.05, 4.69) is 34.4 Å². The molecule has 0 fully saturated rings. The van der Waals surface area contributed by atoms with Crippen molar-refractivity contribution in [3.8, 4) is 0 Å². The topological polar surface area (TPSA) is 74.7 Å². The summed E-state index contributed by atoms with van der Waals surface area (Å²) in [6.45, 7) is 0. The van der Waals surface area contributed by atoms with Crippen LogP contribution in [0, 0.1) is 19.5 Å². The molecule has 1 heterocycles. The van der Waals surface area contributed by atoms with Gasteiger partial charge in [-0.15, -0.1) is 0 Å². The second-order valence-corrected chi connectivity index (χ2v) is 2.53. The molecule has 0 radical (unpaired) electrons. The first kappa shape index (κ1) is 8.02. The van der Waals surface area contributed by atoms with Gasteiger partial charge in [-0.25, -0.2) is 0 Å². The molecule has 58 valence electrons. The molecule has 0 atom stereocenters. The quantitative estimate of drug-likeness (QED) is 0.400. The Morgan fingerprint density at radius 2 is 2.18 bits per heavy atom. The van der Waals surface area contributed by atoms with Gasteiger partial charge in [0.15, 0.2) is 9.41 Å². The Kier molecular flexibility index (Phi) is 2.11. The molecule has 7 heteroatoms. The largest absolute Gasteiger partial charge is 0.333 e. The van der Waals surface area contributed by atoms with Crippen LogP contribution in [0.1, 0.15) is 0 Å². The lowest BCUT2D eigenvalue weighted by molar-refractivity contribution is -0.386. The summed E-state index contributed by atoms with van der Waals surface area (Å²) in [5.41, 5.74) is -0.173. The number of aromatic nitrogens is 2. The monoisotopic (exact) mass is 189 g/mol. The maximum atomic E-state index is 10.2. The van der Waals surface area contributed by atoms with Crippen molar-refractivity contribution in [1.29, 1.82) is 0 Å². The van der Waals surface area contributed by atoms with E-state index in [0.29, 0.717) is 0 Å². The van der Waals surface area contributed by atoms with Crippen molar-refractivity contribution < 1.29 is 4.92 Å². The van der Waals surface area contributed by atoms with Gasteiger partial charge in [0.1, 0.15) is 0 Å². The predicted octanol–water partition coefficient (Wildman–Crippen LogP) is 1.71. The summed E-state index contributed by atoms with van der Waals surface area (Å²) in [5.74, 6) is 0. The van der Waals surface area contributed by atoms with E-state index in [4.69, 9.17) is 0 Å². The van der Waals surface area contributed by atoms with Crippen LogP contribution < -0.4 is 0 Å². The van der Waals surface area contributed by atoms with Crippen molar-refractivity contribution in [2.75, 3.05) is 0 Å². The van der Waals surface area contributed by atoms with Crippen LogP contribution in [-0.4, -0.2) is 14.9 Å². The average molecular weight is 189 g/mol. The summed E-state index contributed by atoms with van der Waals surface area (Å²) in [6.07, 6.45) is 1.17. The molecule has 0 aliphatic heterocycles. The Bertz CT molecular complexity index is 393. The van der Waals surface area contributed by atoms with E-state index in [1.54, 1.807) is 0 Å². The third kappa shape index (κ3) is 1.69. The van der Waals surface area contributed by atoms with Crippen molar-refractivity contribution in [3.05, 3.63) is 25.7 Å². The number of aromatic amines is 2. The minimum Gasteiger partial charge on any atom is -0.333 e. The Labute approximate surface area is 71.2 Å². The molecular formula is C4H3N3O2S2. The molecule has 0 aromatic carbocycles. The van der Waals surface area contributed by atoms with Crippen LogP contribution in [0.25, 0.3) is 0 Å². The second kappa shape index (κ2) is 2.89. The first-order chi connectivity index (χ1) is 5.11. The zero-order valence-corrected chi connectivity index (χ0v) is 6.79. The molecule has 0 spiro atoms. The van der Waals surface area contributed by atoms with Gasteiger partial charge in [-0.2, -0.15) is 0 Å². The number of nitrogens with zero attached hydrogens (tertiary/aromatic N) is 1. The molecule has 0 unspecified atom stereocenters. The van der Waals surface area contributed by atoms with Gasteiger partial charge >= 0.3 is 5.69 Å². The highest BCUT2D eigenvalue weighted by Gasteiger charge is 2.06. The summed E-state index contributed by atoms with van der Waals surface area (Å²) in [7, 11) is 0. The third-order valence-electron chi connectivity index (χ3n) is 0.996. The second-order valence-electron chi connectivity index (χ2n) is 1.71. The van der Waals surface area contributed by atoms with Gasteiger partial charge in [0.05, 0.1) is 11.1 Å².